The van der Waals surface area contributed by atoms with Gasteiger partial charge in [-0.2, -0.15) is 0 Å². The van der Waals surface area contributed by atoms with Gasteiger partial charge in [0.1, 0.15) is 5.75 Å². The Morgan fingerprint density at radius 3 is 2.65 bits per heavy atom. The molecular formula is C22H26N2O2. The van der Waals surface area contributed by atoms with Gasteiger partial charge in [-0.15, -0.1) is 0 Å². The molecule has 0 radical (unpaired) electrons. The lowest BCUT2D eigenvalue weighted by Crippen LogP contribution is -2.15. The van der Waals surface area contributed by atoms with Crippen LogP contribution in [0.4, 0.5) is 5.69 Å². The number of fused-ring (bicyclic) bond motifs is 1. The van der Waals surface area contributed by atoms with Crippen molar-refractivity contribution in [2.24, 2.45) is 0 Å². The number of nitrogens with one attached hydrogen (secondary N) is 2. The van der Waals surface area contributed by atoms with E-state index in [1.807, 2.05) is 42.6 Å². The number of methoxy groups -OCH3 is 1. The fraction of sp³-hybridized carbons (Fsp3) is 0.318. The molecule has 0 saturated carbocycles. The number of benzene rings is 2. The summed E-state index contributed by atoms with van der Waals surface area (Å²) in [6, 6.07) is 14.1. The lowest BCUT2D eigenvalue weighted by molar-refractivity contribution is -0.116. The molecule has 0 saturated heterocycles. The molecule has 1 heterocycles. The van der Waals surface area contributed by atoms with Gasteiger partial charge in [-0.25, -0.2) is 0 Å². The molecule has 4 heteroatoms. The Balaban J connectivity index is 1.71. The van der Waals surface area contributed by atoms with Gasteiger partial charge in [-0.1, -0.05) is 45.0 Å². The first-order valence-corrected chi connectivity index (χ1v) is 8.92. The van der Waals surface area contributed by atoms with Crippen molar-refractivity contribution >= 4 is 22.5 Å². The number of anilines is 1. The molecular weight excluding hydrogens is 324 g/mol. The molecule has 136 valence electrons. The van der Waals surface area contributed by atoms with Gasteiger partial charge in [0, 0.05) is 23.5 Å². The predicted octanol–water partition coefficient (Wildman–Crippen LogP) is 5.05. The maximum absolute atomic E-state index is 12.5. The van der Waals surface area contributed by atoms with Gasteiger partial charge in [-0.3, -0.25) is 4.79 Å². The minimum atomic E-state index is -0.0142. The van der Waals surface area contributed by atoms with E-state index in [9.17, 15) is 4.79 Å². The Bertz CT molecular complexity index is 919. The Hall–Kier alpha value is -2.75. The van der Waals surface area contributed by atoms with Crippen molar-refractivity contribution in [3.63, 3.8) is 0 Å². The van der Waals surface area contributed by atoms with Gasteiger partial charge in [-0.05, 0) is 41.2 Å². The summed E-state index contributed by atoms with van der Waals surface area (Å²) in [5.41, 5.74) is 4.15. The van der Waals surface area contributed by atoms with Gasteiger partial charge in [0.25, 0.3) is 0 Å². The molecule has 4 nitrogen and oxygen atoms in total. The summed E-state index contributed by atoms with van der Waals surface area (Å²) >= 11 is 0. The smallest absolute Gasteiger partial charge is 0.224 e. The van der Waals surface area contributed by atoms with Crippen molar-refractivity contribution in [3.8, 4) is 5.75 Å². The van der Waals surface area contributed by atoms with E-state index >= 15 is 0 Å². The second kappa shape index (κ2) is 7.24. The fourth-order valence-electron chi connectivity index (χ4n) is 3.07. The van der Waals surface area contributed by atoms with E-state index in [4.69, 9.17) is 4.74 Å². The van der Waals surface area contributed by atoms with Gasteiger partial charge in [0.05, 0.1) is 12.8 Å². The molecule has 0 aliphatic rings. The predicted molar refractivity (Wildman–Crippen MR) is 107 cm³/mol. The van der Waals surface area contributed by atoms with Crippen LogP contribution in [-0.4, -0.2) is 18.0 Å². The molecule has 1 aromatic heterocycles. The Morgan fingerprint density at radius 2 is 1.92 bits per heavy atom. The molecule has 0 aliphatic carbocycles. The summed E-state index contributed by atoms with van der Waals surface area (Å²) < 4.78 is 5.40. The Morgan fingerprint density at radius 1 is 1.15 bits per heavy atom. The van der Waals surface area contributed by atoms with Crippen LogP contribution in [0.2, 0.25) is 0 Å². The third kappa shape index (κ3) is 3.90. The third-order valence-electron chi connectivity index (χ3n) is 4.64. The van der Waals surface area contributed by atoms with Crippen LogP contribution in [0.15, 0.2) is 48.7 Å². The topological polar surface area (TPSA) is 54.1 Å². The van der Waals surface area contributed by atoms with Gasteiger partial charge < -0.3 is 15.0 Å². The molecule has 3 aromatic rings. The molecule has 0 aliphatic heterocycles. The van der Waals surface area contributed by atoms with Crippen LogP contribution >= 0.6 is 0 Å². The van der Waals surface area contributed by atoms with E-state index in [1.165, 1.54) is 5.39 Å². The van der Waals surface area contributed by atoms with Crippen molar-refractivity contribution in [1.82, 2.24) is 4.98 Å². The van der Waals surface area contributed by atoms with Crippen LogP contribution in [0.5, 0.6) is 5.75 Å². The number of ether oxygens (including phenoxy) is 1. The standard InChI is InChI=1S/C22H26N2O2/c1-22(2,3)16-10-11-20(26-4)19(13-16)24-21(25)12-9-15-14-23-18-8-6-5-7-17(15)18/h5-8,10-11,13-14,23H,9,12H2,1-4H3,(H,24,25). The molecule has 1 amide bonds. The molecule has 0 atom stereocenters. The lowest BCUT2D eigenvalue weighted by Gasteiger charge is -2.21. The number of aromatic nitrogens is 1. The number of hydrogen-bond acceptors (Lipinski definition) is 2. The third-order valence-corrected chi connectivity index (χ3v) is 4.64. The summed E-state index contributed by atoms with van der Waals surface area (Å²) in [4.78, 5) is 15.7. The van der Waals surface area contributed by atoms with E-state index in [-0.39, 0.29) is 11.3 Å². The van der Waals surface area contributed by atoms with Crippen LogP contribution in [0.1, 0.15) is 38.3 Å². The van der Waals surface area contributed by atoms with Gasteiger partial charge in [0.2, 0.25) is 5.91 Å². The number of carbonyl (C=O) groups excluding carboxylic acids is 1. The van der Waals surface area contributed by atoms with Crippen LogP contribution < -0.4 is 10.1 Å². The minimum Gasteiger partial charge on any atom is -0.495 e. The van der Waals surface area contributed by atoms with E-state index in [1.54, 1.807) is 7.11 Å². The number of carbonyl (C=O) groups is 1. The molecule has 26 heavy (non-hydrogen) atoms. The zero-order chi connectivity index (χ0) is 18.7. The first-order valence-electron chi connectivity index (χ1n) is 8.92. The van der Waals surface area contributed by atoms with E-state index in [0.29, 0.717) is 18.6 Å². The maximum atomic E-state index is 12.5. The average Bonchev–Trinajstić information content (AvgIpc) is 3.02. The Labute approximate surface area is 154 Å². The minimum absolute atomic E-state index is 0.00971. The summed E-state index contributed by atoms with van der Waals surface area (Å²) in [6.07, 6.45) is 3.10. The number of para-hydroxylation sites is 1. The van der Waals surface area contributed by atoms with Crippen molar-refractivity contribution < 1.29 is 9.53 Å². The number of hydrogen-bond donors (Lipinski definition) is 2. The Kier molecular flexibility index (Phi) is 5.03. The zero-order valence-electron chi connectivity index (χ0n) is 15.8. The van der Waals surface area contributed by atoms with Gasteiger partial charge >= 0.3 is 0 Å². The normalized spacial score (nSPS) is 11.5. The summed E-state index contributed by atoms with van der Waals surface area (Å²) in [5.74, 6) is 0.665. The maximum Gasteiger partial charge on any atom is 0.224 e. The van der Waals surface area contributed by atoms with Crippen LogP contribution in [0.25, 0.3) is 10.9 Å². The fourth-order valence-corrected chi connectivity index (χ4v) is 3.07. The largest absolute Gasteiger partial charge is 0.495 e. The number of amides is 1. The molecule has 2 N–H and O–H groups in total. The SMILES string of the molecule is COc1ccc(C(C)(C)C)cc1NC(=O)CCc1c[nH]c2ccccc12. The van der Waals surface area contributed by atoms with Crippen molar-refractivity contribution in [2.45, 2.75) is 39.0 Å². The highest BCUT2D eigenvalue weighted by Crippen LogP contribution is 2.31. The number of H-pyrrole nitrogens is 1. The molecule has 3 rings (SSSR count). The number of rotatable bonds is 5. The summed E-state index contributed by atoms with van der Waals surface area (Å²) in [6.45, 7) is 6.45. The summed E-state index contributed by atoms with van der Waals surface area (Å²) in [5, 5.41) is 4.18. The van der Waals surface area contributed by atoms with Crippen molar-refractivity contribution in [3.05, 3.63) is 59.8 Å². The molecule has 0 unspecified atom stereocenters. The highest BCUT2D eigenvalue weighted by atomic mass is 16.5. The highest BCUT2D eigenvalue weighted by molar-refractivity contribution is 5.93. The number of aromatic amines is 1. The molecule has 0 fully saturated rings. The number of aryl methyl sites for hydroxylation is 1. The van der Waals surface area contributed by atoms with E-state index in [2.05, 4.69) is 37.1 Å². The van der Waals surface area contributed by atoms with Crippen LogP contribution in [0, 0.1) is 0 Å². The average molecular weight is 350 g/mol. The van der Waals surface area contributed by atoms with E-state index in [0.717, 1.165) is 22.3 Å². The zero-order valence-corrected chi connectivity index (χ0v) is 15.8. The lowest BCUT2D eigenvalue weighted by atomic mass is 9.87. The monoisotopic (exact) mass is 350 g/mol. The van der Waals surface area contributed by atoms with Crippen LogP contribution in [0.3, 0.4) is 0 Å². The van der Waals surface area contributed by atoms with E-state index < -0.39 is 0 Å². The quantitative estimate of drug-likeness (QED) is 0.677. The second-order valence-corrected chi connectivity index (χ2v) is 7.57. The van der Waals surface area contributed by atoms with Crippen molar-refractivity contribution in [1.29, 1.82) is 0 Å². The van der Waals surface area contributed by atoms with Gasteiger partial charge in [0.15, 0.2) is 0 Å². The molecule has 0 bridgehead atoms. The van der Waals surface area contributed by atoms with Crippen LogP contribution in [-0.2, 0) is 16.6 Å². The molecule has 2 aromatic carbocycles. The summed E-state index contributed by atoms with van der Waals surface area (Å²) in [7, 11) is 1.62. The highest BCUT2D eigenvalue weighted by Gasteiger charge is 2.17. The second-order valence-electron chi connectivity index (χ2n) is 7.57. The van der Waals surface area contributed by atoms with Crippen molar-refractivity contribution in [2.75, 3.05) is 12.4 Å². The first-order chi connectivity index (χ1) is 12.4. The first kappa shape index (κ1) is 18.1. The molecule has 0 spiro atoms.